The van der Waals surface area contributed by atoms with E-state index in [1.165, 1.54) is 70.6 Å². The van der Waals surface area contributed by atoms with Gasteiger partial charge in [0.25, 0.3) is 0 Å². The van der Waals surface area contributed by atoms with Gasteiger partial charge in [-0.05, 0) is 81.0 Å². The molecule has 4 rings (SSSR count). The molecule has 3 nitrogen and oxygen atoms in total. The monoisotopic (exact) mass is 433 g/mol. The van der Waals surface area contributed by atoms with E-state index in [1.54, 1.807) is 38.5 Å². The summed E-state index contributed by atoms with van der Waals surface area (Å²) in [6, 6.07) is 0. The van der Waals surface area contributed by atoms with Crippen molar-refractivity contribution in [2.75, 3.05) is 0 Å². The molecule has 4 aliphatic carbocycles. The van der Waals surface area contributed by atoms with Gasteiger partial charge in [0.05, 0.1) is 5.92 Å². The second kappa shape index (κ2) is 13.9. The molecule has 0 saturated heterocycles. The Labute approximate surface area is 192 Å². The van der Waals surface area contributed by atoms with Crippen LogP contribution in [0, 0.1) is 35.5 Å². The normalized spacial score (nSPS) is 29.9. The molecule has 0 radical (unpaired) electrons. The molecule has 31 heavy (non-hydrogen) atoms. The van der Waals surface area contributed by atoms with Gasteiger partial charge in [-0.15, -0.1) is 0 Å². The highest BCUT2D eigenvalue weighted by molar-refractivity contribution is 5.71. The lowest BCUT2D eigenvalue weighted by Gasteiger charge is -2.54. The molecule has 1 atom stereocenters. The first kappa shape index (κ1) is 25.1. The van der Waals surface area contributed by atoms with Crippen LogP contribution in [0.4, 0.5) is 0 Å². The van der Waals surface area contributed by atoms with Crippen molar-refractivity contribution < 1.29 is 9.63 Å². The van der Waals surface area contributed by atoms with Crippen LogP contribution in [-0.4, -0.2) is 5.97 Å². The molecule has 4 saturated carbocycles. The van der Waals surface area contributed by atoms with Crippen LogP contribution in [0.1, 0.15) is 135 Å². The molecule has 0 aromatic carbocycles. The van der Waals surface area contributed by atoms with E-state index in [2.05, 4.69) is 4.84 Å². The summed E-state index contributed by atoms with van der Waals surface area (Å²) in [5.41, 5.74) is 0. The van der Waals surface area contributed by atoms with Crippen molar-refractivity contribution in [2.45, 2.75) is 135 Å². The van der Waals surface area contributed by atoms with Crippen LogP contribution in [0.3, 0.4) is 0 Å². The first-order valence-electron chi connectivity index (χ1n) is 14.1. The Bertz CT molecular complexity index is 477. The first-order valence-corrected chi connectivity index (χ1v) is 14.1. The van der Waals surface area contributed by atoms with Crippen LogP contribution in [-0.2, 0) is 9.63 Å². The van der Waals surface area contributed by atoms with Gasteiger partial charge in [0, 0.05) is 0 Å². The standard InChI is InChI=1S/C28H51NO2/c1-2-24(28(30)31-29)15-13-11-9-7-5-3-4-6-8-10-12-14-16-27-25-18-22-17-23(20-25)21-26(27)19-22/h22-27H,2-21,29H2,1H3. The fourth-order valence-electron chi connectivity index (χ4n) is 7.63. The summed E-state index contributed by atoms with van der Waals surface area (Å²) in [6.45, 7) is 2.03. The third-order valence-corrected chi connectivity index (χ3v) is 9.20. The fourth-order valence-corrected chi connectivity index (χ4v) is 7.63. The average molecular weight is 434 g/mol. The van der Waals surface area contributed by atoms with Gasteiger partial charge in [0.15, 0.2) is 0 Å². The lowest BCUT2D eigenvalue weighted by atomic mass is 9.51. The molecule has 4 aliphatic rings. The van der Waals surface area contributed by atoms with Gasteiger partial charge in [-0.1, -0.05) is 84.0 Å². The van der Waals surface area contributed by atoms with E-state index in [-0.39, 0.29) is 11.9 Å². The summed E-state index contributed by atoms with van der Waals surface area (Å²) >= 11 is 0. The quantitative estimate of drug-likeness (QED) is 0.187. The van der Waals surface area contributed by atoms with Crippen molar-refractivity contribution in [1.29, 1.82) is 0 Å². The summed E-state index contributed by atoms with van der Waals surface area (Å²) in [5, 5.41) is 0. The highest BCUT2D eigenvalue weighted by atomic mass is 16.7. The predicted octanol–water partition coefficient (Wildman–Crippen LogP) is 7.96. The third kappa shape index (κ3) is 8.06. The zero-order valence-corrected chi connectivity index (χ0v) is 20.5. The molecule has 0 aromatic rings. The highest BCUT2D eigenvalue weighted by Crippen LogP contribution is 2.57. The molecule has 0 aliphatic heterocycles. The van der Waals surface area contributed by atoms with E-state index in [4.69, 9.17) is 5.90 Å². The van der Waals surface area contributed by atoms with Crippen LogP contribution in [0.2, 0.25) is 0 Å². The summed E-state index contributed by atoms with van der Waals surface area (Å²) in [4.78, 5) is 15.8. The van der Waals surface area contributed by atoms with Gasteiger partial charge < -0.3 is 4.84 Å². The SMILES string of the molecule is CCC(CCCCCCCCCCCCCCC1C2CC3CC(C2)CC1C3)C(=O)ON. The van der Waals surface area contributed by atoms with Crippen molar-refractivity contribution >= 4 is 5.97 Å². The summed E-state index contributed by atoms with van der Waals surface area (Å²) in [6.07, 6.45) is 27.9. The smallest absolute Gasteiger partial charge is 0.327 e. The molecular formula is C28H51NO2. The zero-order valence-electron chi connectivity index (χ0n) is 20.5. The number of nitrogens with two attached hydrogens (primary N) is 1. The Kier molecular flexibility index (Phi) is 11.2. The predicted molar refractivity (Wildman–Crippen MR) is 129 cm³/mol. The van der Waals surface area contributed by atoms with Gasteiger partial charge in [-0.25, -0.2) is 0 Å². The third-order valence-electron chi connectivity index (χ3n) is 9.20. The molecule has 0 amide bonds. The summed E-state index contributed by atoms with van der Waals surface area (Å²) in [5.74, 6) is 10.4. The molecule has 0 aromatic heterocycles. The number of carbonyl (C=O) groups excluding carboxylic acids is 1. The van der Waals surface area contributed by atoms with Gasteiger partial charge in [-0.3, -0.25) is 4.79 Å². The Morgan fingerprint density at radius 2 is 1.19 bits per heavy atom. The van der Waals surface area contributed by atoms with E-state index in [9.17, 15) is 4.79 Å². The molecule has 4 fully saturated rings. The Balaban J connectivity index is 1.06. The number of carbonyl (C=O) groups is 1. The highest BCUT2D eigenvalue weighted by Gasteiger charge is 2.47. The summed E-state index contributed by atoms with van der Waals surface area (Å²) < 4.78 is 0. The van der Waals surface area contributed by atoms with E-state index in [1.807, 2.05) is 6.92 Å². The fraction of sp³-hybridized carbons (Fsp3) is 0.964. The molecule has 0 heterocycles. The molecule has 180 valence electrons. The first-order chi connectivity index (χ1) is 15.2. The van der Waals surface area contributed by atoms with Crippen LogP contribution < -0.4 is 5.90 Å². The van der Waals surface area contributed by atoms with Gasteiger partial charge in [-0.2, -0.15) is 5.90 Å². The molecule has 0 spiro atoms. The lowest BCUT2D eigenvalue weighted by molar-refractivity contribution is -0.149. The van der Waals surface area contributed by atoms with Gasteiger partial charge in [0.2, 0.25) is 0 Å². The summed E-state index contributed by atoms with van der Waals surface area (Å²) in [7, 11) is 0. The van der Waals surface area contributed by atoms with Crippen LogP contribution in [0.15, 0.2) is 0 Å². The topological polar surface area (TPSA) is 52.3 Å². The van der Waals surface area contributed by atoms with Crippen molar-refractivity contribution in [2.24, 2.45) is 41.4 Å². The van der Waals surface area contributed by atoms with E-state index in [0.717, 1.165) is 48.9 Å². The Morgan fingerprint density at radius 1 is 0.742 bits per heavy atom. The van der Waals surface area contributed by atoms with E-state index in [0.29, 0.717) is 0 Å². The average Bonchev–Trinajstić information content (AvgIpc) is 2.77. The van der Waals surface area contributed by atoms with Gasteiger partial charge >= 0.3 is 5.97 Å². The number of hydrogen-bond donors (Lipinski definition) is 1. The minimum Gasteiger partial charge on any atom is -0.373 e. The molecular weight excluding hydrogens is 382 g/mol. The number of rotatable bonds is 17. The second-order valence-electron chi connectivity index (χ2n) is 11.5. The van der Waals surface area contributed by atoms with Crippen LogP contribution in [0.25, 0.3) is 0 Å². The molecule has 4 bridgehead atoms. The van der Waals surface area contributed by atoms with Crippen molar-refractivity contribution in [3.8, 4) is 0 Å². The van der Waals surface area contributed by atoms with Crippen LogP contribution in [0.5, 0.6) is 0 Å². The molecule has 1 unspecified atom stereocenters. The van der Waals surface area contributed by atoms with E-state index < -0.39 is 0 Å². The molecule has 3 heteroatoms. The number of hydrogen-bond acceptors (Lipinski definition) is 3. The Morgan fingerprint density at radius 3 is 1.65 bits per heavy atom. The van der Waals surface area contributed by atoms with Crippen molar-refractivity contribution in [1.82, 2.24) is 0 Å². The van der Waals surface area contributed by atoms with Crippen molar-refractivity contribution in [3.05, 3.63) is 0 Å². The zero-order chi connectivity index (χ0) is 21.9. The largest absolute Gasteiger partial charge is 0.373 e. The van der Waals surface area contributed by atoms with Gasteiger partial charge in [0.1, 0.15) is 0 Å². The maximum absolute atomic E-state index is 11.5. The minimum atomic E-state index is -0.240. The Hall–Kier alpha value is -0.570. The second-order valence-corrected chi connectivity index (χ2v) is 11.5. The van der Waals surface area contributed by atoms with E-state index >= 15 is 0 Å². The maximum Gasteiger partial charge on any atom is 0.327 e. The maximum atomic E-state index is 11.5. The minimum absolute atomic E-state index is 0.00199. The van der Waals surface area contributed by atoms with Crippen LogP contribution >= 0.6 is 0 Å². The lowest BCUT2D eigenvalue weighted by Crippen LogP contribution is -2.44. The number of unbranched alkanes of at least 4 members (excludes halogenated alkanes) is 11. The molecule has 2 N–H and O–H groups in total. The van der Waals surface area contributed by atoms with Crippen molar-refractivity contribution in [3.63, 3.8) is 0 Å².